The van der Waals surface area contributed by atoms with Crippen molar-refractivity contribution >= 4 is 43.6 Å². The number of nitrogens with zero attached hydrogens (tertiary/aromatic N) is 9. The Labute approximate surface area is 438 Å². The first kappa shape index (κ1) is 48.8. The van der Waals surface area contributed by atoms with Crippen LogP contribution in [0.15, 0.2) is 164 Å². The van der Waals surface area contributed by atoms with Gasteiger partial charge in [-0.05, 0) is 125 Å². The first-order valence-electron chi connectivity index (χ1n) is 23.4. The van der Waals surface area contributed by atoms with Crippen molar-refractivity contribution in [3.05, 3.63) is 214 Å². The van der Waals surface area contributed by atoms with Crippen molar-refractivity contribution in [1.29, 1.82) is 36.8 Å². The molecule has 78 heavy (non-hydrogen) atoms. The Morgan fingerprint density at radius 1 is 0.321 bits per heavy atom. The van der Waals surface area contributed by atoms with Gasteiger partial charge >= 0.3 is 12.4 Å². The van der Waals surface area contributed by atoms with E-state index in [4.69, 9.17) is 0 Å². The summed E-state index contributed by atoms with van der Waals surface area (Å²) in [5, 5.41) is 73.5. The maximum atomic E-state index is 15.1. The summed E-state index contributed by atoms with van der Waals surface area (Å²) in [6.07, 6.45) is -10.3. The van der Waals surface area contributed by atoms with E-state index in [0.29, 0.717) is 88.9 Å². The zero-order valence-corrected chi connectivity index (χ0v) is 39.9. The van der Waals surface area contributed by atoms with E-state index < -0.39 is 29.0 Å². The van der Waals surface area contributed by atoms with E-state index >= 15 is 13.2 Å². The second kappa shape index (κ2) is 18.5. The van der Waals surface area contributed by atoms with Gasteiger partial charge in [0.2, 0.25) is 0 Å². The van der Waals surface area contributed by atoms with Crippen LogP contribution >= 0.6 is 0 Å². The van der Waals surface area contributed by atoms with E-state index in [0.717, 1.165) is 6.07 Å². The predicted molar refractivity (Wildman–Crippen MR) is 280 cm³/mol. The zero-order valence-electron chi connectivity index (χ0n) is 39.9. The van der Waals surface area contributed by atoms with Crippen LogP contribution in [0.3, 0.4) is 0 Å². The largest absolute Gasteiger partial charge is 0.417 e. The van der Waals surface area contributed by atoms with Gasteiger partial charge in [0.1, 0.15) is 0 Å². The highest BCUT2D eigenvalue weighted by Gasteiger charge is 2.39. The summed E-state index contributed by atoms with van der Waals surface area (Å²) >= 11 is 0. The molecule has 0 radical (unpaired) electrons. The molecule has 0 spiro atoms. The van der Waals surface area contributed by atoms with Crippen LogP contribution in [0.1, 0.15) is 50.1 Å². The van der Waals surface area contributed by atoms with Crippen LogP contribution in [0, 0.1) is 79.3 Å². The normalized spacial score (nSPS) is 11.4. The van der Waals surface area contributed by atoms with Gasteiger partial charge in [0.25, 0.3) is 0 Å². The summed E-state index contributed by atoms with van der Waals surface area (Å²) in [6, 6.07) is 56.2. The molecule has 0 aliphatic rings. The van der Waals surface area contributed by atoms with Gasteiger partial charge in [-0.15, -0.1) is 0 Å². The number of alkyl halides is 6. The summed E-state index contributed by atoms with van der Waals surface area (Å²) in [7, 11) is 0. The lowest BCUT2D eigenvalue weighted by molar-refractivity contribution is -0.142. The second-order valence-corrected chi connectivity index (χ2v) is 18.1. The second-order valence-electron chi connectivity index (χ2n) is 18.1. The molecule has 0 N–H and O–H groups in total. The van der Waals surface area contributed by atoms with Crippen LogP contribution in [0.4, 0.5) is 26.3 Å². The Hall–Kier alpha value is -11.4. The van der Waals surface area contributed by atoms with Crippen LogP contribution in [0.5, 0.6) is 0 Å². The molecule has 11 rings (SSSR count). The van der Waals surface area contributed by atoms with Gasteiger partial charge in [0.15, 0.2) is 0 Å². The Bertz CT molecular complexity index is 4690. The average Bonchev–Trinajstić information content (AvgIpc) is 3.99. The first-order chi connectivity index (χ1) is 37.6. The molecule has 0 aliphatic carbocycles. The fourth-order valence-corrected chi connectivity index (χ4v) is 10.5. The molecule has 15 heteroatoms. The fraction of sp³-hybridized carbons (Fsp3) is 0.0317. The van der Waals surface area contributed by atoms with Gasteiger partial charge in [-0.2, -0.15) is 63.2 Å². The molecule has 9 nitrogen and oxygen atoms in total. The van der Waals surface area contributed by atoms with Crippen molar-refractivity contribution in [2.24, 2.45) is 0 Å². The third-order valence-electron chi connectivity index (χ3n) is 13.8. The first-order valence-corrected chi connectivity index (χ1v) is 23.4. The number of hydrogen-bond acceptors (Lipinski definition) is 7. The fourth-order valence-electron chi connectivity index (χ4n) is 10.5. The molecular weight excluding hydrogens is 997 g/mol. The number of fused-ring (bicyclic) bond motifs is 6. The van der Waals surface area contributed by atoms with E-state index in [9.17, 15) is 50.0 Å². The van der Waals surface area contributed by atoms with Crippen molar-refractivity contribution < 1.29 is 26.3 Å². The molecule has 2 aromatic heterocycles. The topological polar surface area (TPSA) is 176 Å². The predicted octanol–water partition coefficient (Wildman–Crippen LogP) is 15.7. The van der Waals surface area contributed by atoms with Gasteiger partial charge in [-0.1, -0.05) is 60.7 Å². The summed E-state index contributed by atoms with van der Waals surface area (Å²) in [5.41, 5.74) is 2.48. The molecule has 0 bridgehead atoms. The van der Waals surface area contributed by atoms with Crippen molar-refractivity contribution in [3.8, 4) is 98.4 Å². The Morgan fingerprint density at radius 3 is 1.18 bits per heavy atom. The molecule has 0 saturated carbocycles. The maximum absolute atomic E-state index is 15.1. The molecule has 9 aromatic carbocycles. The summed E-state index contributed by atoms with van der Waals surface area (Å²) in [5.74, 6) is 0. The molecule has 366 valence electrons. The highest BCUT2D eigenvalue weighted by atomic mass is 19.4. The van der Waals surface area contributed by atoms with Gasteiger partial charge in [0, 0.05) is 43.8 Å². The van der Waals surface area contributed by atoms with E-state index in [1.807, 2.05) is 63.7 Å². The van der Waals surface area contributed by atoms with E-state index in [1.54, 1.807) is 66.7 Å². The van der Waals surface area contributed by atoms with Crippen molar-refractivity contribution in [1.82, 2.24) is 9.13 Å². The molecule has 0 fully saturated rings. The number of halogens is 6. The summed E-state index contributed by atoms with van der Waals surface area (Å²) < 4.78 is 91.2. The van der Waals surface area contributed by atoms with Gasteiger partial charge in [0.05, 0.1) is 126 Å². The molecule has 11 aromatic rings. The highest BCUT2D eigenvalue weighted by molar-refractivity contribution is 6.13. The third-order valence-corrected chi connectivity index (χ3v) is 13.8. The Morgan fingerprint density at radius 2 is 0.744 bits per heavy atom. The molecule has 0 amide bonds. The number of rotatable bonds is 6. The van der Waals surface area contributed by atoms with E-state index in [2.05, 4.69) is 30.3 Å². The Kier molecular flexibility index (Phi) is 11.6. The number of para-hydroxylation sites is 2. The summed E-state index contributed by atoms with van der Waals surface area (Å²) in [6.45, 7) is 0. The SMILES string of the molecule is N#Cc1cc(C#N)c(-c2ccc3c(c2)c2ccccc2n3-c2ccc(C#N)cc2-c2cc(-c3ccc(C(F)(F)F)cc3C(F)(F)F)ccc2-n2c3ccccc3c3cc(-c4c(C#N)cc(C#N)cc4C#N)ccc32)c(C#N)c1. The molecule has 2 heterocycles. The van der Waals surface area contributed by atoms with E-state index in [-0.39, 0.29) is 56.1 Å². The lowest BCUT2D eigenvalue weighted by atomic mass is 9.91. The van der Waals surface area contributed by atoms with Crippen molar-refractivity contribution in [2.75, 3.05) is 0 Å². The minimum atomic E-state index is -5.24. The number of aromatic nitrogens is 2. The number of nitriles is 7. The van der Waals surface area contributed by atoms with Gasteiger partial charge in [-0.25, -0.2) is 0 Å². The monoisotopic (exact) mass is 1020 g/mol. The number of hydrogen-bond donors (Lipinski definition) is 0. The summed E-state index contributed by atoms with van der Waals surface area (Å²) in [4.78, 5) is 0. The van der Waals surface area contributed by atoms with Crippen LogP contribution in [0.2, 0.25) is 0 Å². The quantitative estimate of drug-likeness (QED) is 0.149. The van der Waals surface area contributed by atoms with E-state index in [1.165, 1.54) is 36.4 Å². The maximum Gasteiger partial charge on any atom is 0.417 e. The highest BCUT2D eigenvalue weighted by Crippen LogP contribution is 2.47. The molecule has 0 unspecified atom stereocenters. The lowest BCUT2D eigenvalue weighted by Gasteiger charge is -2.21. The third kappa shape index (κ3) is 7.92. The zero-order chi connectivity index (χ0) is 54.8. The van der Waals surface area contributed by atoms with Gasteiger partial charge < -0.3 is 9.13 Å². The lowest BCUT2D eigenvalue weighted by Crippen LogP contribution is -2.12. The van der Waals surface area contributed by atoms with Crippen molar-refractivity contribution in [2.45, 2.75) is 12.4 Å². The minimum Gasteiger partial charge on any atom is -0.309 e. The van der Waals surface area contributed by atoms with Crippen molar-refractivity contribution in [3.63, 3.8) is 0 Å². The average molecular weight is 1020 g/mol. The van der Waals surface area contributed by atoms with Crippen LogP contribution in [-0.2, 0) is 12.4 Å². The smallest absolute Gasteiger partial charge is 0.309 e. The van der Waals surface area contributed by atoms with Crippen LogP contribution in [0.25, 0.3) is 99.5 Å². The minimum absolute atomic E-state index is 0.0852. The number of benzene rings is 9. The van der Waals surface area contributed by atoms with Crippen LogP contribution < -0.4 is 0 Å². The van der Waals surface area contributed by atoms with Crippen LogP contribution in [-0.4, -0.2) is 9.13 Å². The molecule has 0 atom stereocenters. The molecule has 0 aliphatic heterocycles. The Balaban J connectivity index is 1.23. The van der Waals surface area contributed by atoms with Gasteiger partial charge in [-0.3, -0.25) is 0 Å². The molecular formula is C63H27F6N9. The standard InChI is InChI=1S/C63H27F6N9/c64-62(65,66)45-13-14-46(53(27-45)63(67,68)69)38-10-16-59(78-55-8-4-2-6-48(55)51-26-40(12-18-58(51)78)61-43(33-75)21-37(30-72)22-44(61)34-76)52(24-38)49-23-35(28-70)9-15-56(49)77-54-7-3-1-5-47(54)50-25-39(11-17-57(50)77)60-41(31-73)19-36(29-71)20-42(60)32-74/h1-27H. The molecule has 0 saturated heterocycles.